The van der Waals surface area contributed by atoms with Gasteiger partial charge in [0, 0.05) is 22.9 Å². The number of hydrogen-bond donors (Lipinski definition) is 0. The van der Waals surface area contributed by atoms with Crippen molar-refractivity contribution in [1.29, 1.82) is 0 Å². The molecule has 0 spiro atoms. The van der Waals surface area contributed by atoms with Crippen molar-refractivity contribution in [2.75, 3.05) is 7.11 Å². The molecule has 0 fully saturated rings. The highest BCUT2D eigenvalue weighted by molar-refractivity contribution is 7.98. The van der Waals surface area contributed by atoms with Crippen LogP contribution < -0.4 is 9.47 Å². The van der Waals surface area contributed by atoms with Crippen molar-refractivity contribution in [1.82, 2.24) is 14.8 Å². The number of ether oxygens (including phenoxy) is 2. The highest BCUT2D eigenvalue weighted by Crippen LogP contribution is 2.28. The van der Waals surface area contributed by atoms with E-state index in [0.29, 0.717) is 39.6 Å². The predicted octanol–water partition coefficient (Wildman–Crippen LogP) is 5.14. The van der Waals surface area contributed by atoms with Gasteiger partial charge < -0.3 is 9.47 Å². The molecule has 1 heterocycles. The minimum atomic E-state index is -0.335. The monoisotopic (exact) mass is 419 g/mol. The number of halogens is 2. The Labute approximate surface area is 172 Å². The van der Waals surface area contributed by atoms with Crippen molar-refractivity contribution >= 4 is 23.4 Å². The smallest absolute Gasteiger partial charge is 0.191 e. The number of hydrogen-bond acceptors (Lipinski definition) is 5. The average molecular weight is 420 g/mol. The van der Waals surface area contributed by atoms with Crippen LogP contribution in [0.25, 0.3) is 0 Å². The van der Waals surface area contributed by atoms with Crippen LogP contribution in [0.5, 0.6) is 11.5 Å². The fraction of sp³-hybridized carbons (Fsp3) is 0.200. The van der Waals surface area contributed by atoms with Crippen LogP contribution in [0, 0.1) is 5.82 Å². The highest BCUT2D eigenvalue weighted by Gasteiger charge is 2.15. The summed E-state index contributed by atoms with van der Waals surface area (Å²) >= 11 is 7.46. The zero-order chi connectivity index (χ0) is 19.9. The quantitative estimate of drug-likeness (QED) is 0.355. The van der Waals surface area contributed by atoms with Gasteiger partial charge in [-0.3, -0.25) is 4.57 Å². The molecule has 0 N–H and O–H groups in total. The lowest BCUT2D eigenvalue weighted by atomic mass is 10.2. The molecule has 0 bridgehead atoms. The van der Waals surface area contributed by atoms with Crippen LogP contribution in [0.4, 0.5) is 4.39 Å². The van der Waals surface area contributed by atoms with Crippen LogP contribution in [-0.4, -0.2) is 21.9 Å². The third-order valence-corrected chi connectivity index (χ3v) is 5.29. The summed E-state index contributed by atoms with van der Waals surface area (Å²) in [6.07, 6.45) is 1.75. The van der Waals surface area contributed by atoms with Crippen LogP contribution in [0.3, 0.4) is 0 Å². The summed E-state index contributed by atoms with van der Waals surface area (Å²) in [4.78, 5) is 0. The molecule has 2 aromatic carbocycles. The maximum absolute atomic E-state index is 14.0. The summed E-state index contributed by atoms with van der Waals surface area (Å²) in [5, 5.41) is 9.46. The van der Waals surface area contributed by atoms with E-state index in [1.54, 1.807) is 25.3 Å². The summed E-state index contributed by atoms with van der Waals surface area (Å²) in [5.74, 6) is 2.12. The predicted molar refractivity (Wildman–Crippen MR) is 109 cm³/mol. The molecular weight excluding hydrogens is 401 g/mol. The van der Waals surface area contributed by atoms with Crippen LogP contribution in [0.1, 0.15) is 11.4 Å². The van der Waals surface area contributed by atoms with Crippen LogP contribution >= 0.6 is 23.4 Å². The van der Waals surface area contributed by atoms with Crippen molar-refractivity contribution in [3.63, 3.8) is 0 Å². The Balaban J connectivity index is 1.70. The first-order chi connectivity index (χ1) is 13.6. The second-order valence-electron chi connectivity index (χ2n) is 5.75. The summed E-state index contributed by atoms with van der Waals surface area (Å²) in [6.45, 7) is 4.54. The first kappa shape index (κ1) is 20.2. The van der Waals surface area contributed by atoms with Gasteiger partial charge in [0.05, 0.1) is 7.11 Å². The van der Waals surface area contributed by atoms with Gasteiger partial charge in [-0.25, -0.2) is 4.39 Å². The summed E-state index contributed by atoms with van der Waals surface area (Å²) in [7, 11) is 1.61. The molecule has 0 aliphatic heterocycles. The standard InChI is InChI=1S/C20H19ClFN3O2S/c1-3-11-25-19(12-27-15-9-7-14(26-2)8-10-15)23-24-20(25)28-13-16-17(21)5-4-6-18(16)22/h3-10H,1,11-13H2,2H3. The Hall–Kier alpha value is -2.51. The van der Waals surface area contributed by atoms with Crippen LogP contribution in [0.2, 0.25) is 5.02 Å². The molecule has 0 aliphatic rings. The molecule has 146 valence electrons. The first-order valence-corrected chi connectivity index (χ1v) is 9.84. The molecule has 0 radical (unpaired) electrons. The number of thioether (sulfide) groups is 1. The maximum atomic E-state index is 14.0. The minimum Gasteiger partial charge on any atom is -0.497 e. The molecule has 1 aromatic heterocycles. The van der Waals surface area contributed by atoms with Crippen LogP contribution in [0.15, 0.2) is 60.3 Å². The topological polar surface area (TPSA) is 49.2 Å². The van der Waals surface area contributed by atoms with E-state index in [-0.39, 0.29) is 12.4 Å². The molecule has 3 aromatic rings. The van der Waals surface area contributed by atoms with E-state index in [4.69, 9.17) is 21.1 Å². The van der Waals surface area contributed by atoms with E-state index in [1.807, 2.05) is 28.8 Å². The lowest BCUT2D eigenvalue weighted by molar-refractivity contribution is 0.288. The number of benzene rings is 2. The van der Waals surface area contributed by atoms with Crippen molar-refractivity contribution in [2.45, 2.75) is 24.1 Å². The van der Waals surface area contributed by atoms with Gasteiger partial charge in [0.2, 0.25) is 0 Å². The molecule has 3 rings (SSSR count). The van der Waals surface area contributed by atoms with Gasteiger partial charge in [-0.05, 0) is 36.4 Å². The Bertz CT molecular complexity index is 927. The number of allylic oxidation sites excluding steroid dienone is 1. The highest BCUT2D eigenvalue weighted by atomic mass is 35.5. The van der Waals surface area contributed by atoms with Gasteiger partial charge in [-0.15, -0.1) is 16.8 Å². The molecular formula is C20H19ClFN3O2S. The molecule has 5 nitrogen and oxygen atoms in total. The molecule has 0 unspecified atom stereocenters. The molecule has 0 aliphatic carbocycles. The van der Waals surface area contributed by atoms with Gasteiger partial charge in [-0.1, -0.05) is 35.5 Å². The van der Waals surface area contributed by atoms with E-state index in [0.717, 1.165) is 5.75 Å². The number of aromatic nitrogens is 3. The zero-order valence-corrected chi connectivity index (χ0v) is 16.8. The molecule has 0 saturated carbocycles. The molecule has 0 atom stereocenters. The van der Waals surface area contributed by atoms with Crippen LogP contribution in [-0.2, 0) is 18.9 Å². The fourth-order valence-corrected chi connectivity index (χ4v) is 3.78. The van der Waals surface area contributed by atoms with Gasteiger partial charge in [-0.2, -0.15) is 0 Å². The summed E-state index contributed by atoms with van der Waals surface area (Å²) < 4.78 is 26.8. The molecule has 8 heteroatoms. The zero-order valence-electron chi connectivity index (χ0n) is 15.3. The molecule has 0 saturated heterocycles. The second kappa shape index (κ2) is 9.61. The second-order valence-corrected chi connectivity index (χ2v) is 7.10. The number of methoxy groups -OCH3 is 1. The number of nitrogens with zero attached hydrogens (tertiary/aromatic N) is 3. The Morgan fingerprint density at radius 1 is 1.18 bits per heavy atom. The van der Waals surface area contributed by atoms with Gasteiger partial charge in [0.15, 0.2) is 11.0 Å². The maximum Gasteiger partial charge on any atom is 0.191 e. The van der Waals surface area contributed by atoms with Gasteiger partial charge in [0.25, 0.3) is 0 Å². The van der Waals surface area contributed by atoms with Crippen molar-refractivity contribution in [2.24, 2.45) is 0 Å². The van der Waals surface area contributed by atoms with E-state index in [9.17, 15) is 4.39 Å². The third-order valence-electron chi connectivity index (χ3n) is 3.94. The minimum absolute atomic E-state index is 0.244. The Morgan fingerprint density at radius 3 is 2.61 bits per heavy atom. The lowest BCUT2D eigenvalue weighted by Crippen LogP contribution is -2.07. The van der Waals surface area contributed by atoms with E-state index >= 15 is 0 Å². The van der Waals surface area contributed by atoms with Crippen molar-refractivity contribution in [3.8, 4) is 11.5 Å². The Kier molecular flexibility index (Phi) is 6.95. The molecule has 28 heavy (non-hydrogen) atoms. The van der Waals surface area contributed by atoms with E-state index in [1.165, 1.54) is 17.8 Å². The first-order valence-electron chi connectivity index (χ1n) is 8.48. The van der Waals surface area contributed by atoms with E-state index < -0.39 is 0 Å². The SMILES string of the molecule is C=CCn1c(COc2ccc(OC)cc2)nnc1SCc1c(F)cccc1Cl. The summed E-state index contributed by atoms with van der Waals surface area (Å²) in [6, 6.07) is 11.9. The third kappa shape index (κ3) is 4.85. The largest absolute Gasteiger partial charge is 0.497 e. The fourth-order valence-electron chi connectivity index (χ4n) is 2.47. The van der Waals surface area contributed by atoms with Crippen molar-refractivity contribution in [3.05, 3.63) is 77.3 Å². The molecule has 0 amide bonds. The Morgan fingerprint density at radius 2 is 1.93 bits per heavy atom. The van der Waals surface area contributed by atoms with E-state index in [2.05, 4.69) is 16.8 Å². The summed E-state index contributed by atoms with van der Waals surface area (Å²) in [5.41, 5.74) is 0.443. The lowest BCUT2D eigenvalue weighted by Gasteiger charge is -2.10. The normalized spacial score (nSPS) is 10.7. The van der Waals surface area contributed by atoms with Gasteiger partial charge in [0.1, 0.15) is 23.9 Å². The number of rotatable bonds is 9. The van der Waals surface area contributed by atoms with Crippen molar-refractivity contribution < 1.29 is 13.9 Å². The average Bonchev–Trinajstić information content (AvgIpc) is 3.08. The van der Waals surface area contributed by atoms with Gasteiger partial charge >= 0.3 is 0 Å².